The number of aromatic nitrogens is 4. The van der Waals surface area contributed by atoms with E-state index >= 15 is 0 Å². The standard InChI is InChI=1S/C21H22N6O2S/c28-20-27(17-3-1-2-8-22-17)14-21(29-20)6-4-15(5-7-21)11-24-19-25-12-16(13-26-19)18-23-9-10-30-18/h1-3,8-10,12-13,15H,4-7,11,14H2,(H,24,25,26)/t15-,21-. The summed E-state index contributed by atoms with van der Waals surface area (Å²) in [6.45, 7) is 1.38. The zero-order valence-electron chi connectivity index (χ0n) is 16.4. The topological polar surface area (TPSA) is 93.1 Å². The first-order valence-electron chi connectivity index (χ1n) is 10.1. The third-order valence-electron chi connectivity index (χ3n) is 5.79. The molecule has 3 aromatic rings. The molecule has 3 aromatic heterocycles. The minimum atomic E-state index is -0.392. The Morgan fingerprint density at radius 2 is 1.97 bits per heavy atom. The van der Waals surface area contributed by atoms with Gasteiger partial charge < -0.3 is 10.1 Å². The van der Waals surface area contributed by atoms with Gasteiger partial charge in [-0.05, 0) is 43.7 Å². The number of carbonyl (C=O) groups is 1. The van der Waals surface area contributed by atoms with Gasteiger partial charge in [-0.2, -0.15) is 0 Å². The first-order valence-corrected chi connectivity index (χ1v) is 11.0. The van der Waals surface area contributed by atoms with Crippen LogP contribution in [0.15, 0.2) is 48.4 Å². The van der Waals surface area contributed by atoms with Gasteiger partial charge in [-0.15, -0.1) is 11.3 Å². The van der Waals surface area contributed by atoms with Gasteiger partial charge in [-0.3, -0.25) is 4.90 Å². The van der Waals surface area contributed by atoms with Crippen molar-refractivity contribution in [2.75, 3.05) is 23.3 Å². The molecule has 0 bridgehead atoms. The number of nitrogens with zero attached hydrogens (tertiary/aromatic N) is 5. The zero-order chi connectivity index (χ0) is 20.4. The number of nitrogens with one attached hydrogen (secondary N) is 1. The second-order valence-corrected chi connectivity index (χ2v) is 8.68. The summed E-state index contributed by atoms with van der Waals surface area (Å²) in [4.78, 5) is 31.4. The van der Waals surface area contributed by atoms with Crippen molar-refractivity contribution in [3.63, 3.8) is 0 Å². The first-order chi connectivity index (χ1) is 14.7. The fourth-order valence-electron chi connectivity index (χ4n) is 4.11. The quantitative estimate of drug-likeness (QED) is 0.664. The van der Waals surface area contributed by atoms with Crippen LogP contribution >= 0.6 is 11.3 Å². The molecule has 9 heteroatoms. The summed E-state index contributed by atoms with van der Waals surface area (Å²) in [5.41, 5.74) is 0.535. The van der Waals surface area contributed by atoms with Crippen LogP contribution in [0.3, 0.4) is 0 Å². The lowest BCUT2D eigenvalue weighted by Gasteiger charge is -2.35. The SMILES string of the molecule is O=C1O[C@]2(CC[C@H](CNc3ncc(-c4nccs4)cn3)CC2)CN1c1ccccn1. The van der Waals surface area contributed by atoms with E-state index in [1.807, 2.05) is 23.6 Å². The average molecular weight is 423 g/mol. The summed E-state index contributed by atoms with van der Waals surface area (Å²) < 4.78 is 5.81. The molecule has 0 aromatic carbocycles. The van der Waals surface area contributed by atoms with Crippen molar-refractivity contribution in [1.82, 2.24) is 19.9 Å². The molecule has 1 N–H and O–H groups in total. The number of hydrogen-bond acceptors (Lipinski definition) is 8. The van der Waals surface area contributed by atoms with Crippen molar-refractivity contribution in [3.8, 4) is 10.6 Å². The molecular weight excluding hydrogens is 400 g/mol. The highest BCUT2D eigenvalue weighted by molar-refractivity contribution is 7.13. The molecule has 0 radical (unpaired) electrons. The molecule has 1 saturated heterocycles. The Hall–Kier alpha value is -3.07. The summed E-state index contributed by atoms with van der Waals surface area (Å²) >= 11 is 1.57. The van der Waals surface area contributed by atoms with Crippen LogP contribution in [0.1, 0.15) is 25.7 Å². The Morgan fingerprint density at radius 3 is 2.67 bits per heavy atom. The van der Waals surface area contributed by atoms with Crippen LogP contribution in [0.2, 0.25) is 0 Å². The van der Waals surface area contributed by atoms with Crippen molar-refractivity contribution in [2.24, 2.45) is 5.92 Å². The van der Waals surface area contributed by atoms with E-state index in [1.54, 1.807) is 41.0 Å². The smallest absolute Gasteiger partial charge is 0.416 e. The molecule has 1 saturated carbocycles. The number of anilines is 2. The monoisotopic (exact) mass is 422 g/mol. The maximum atomic E-state index is 12.4. The Kier molecular flexibility index (Phi) is 5.04. The third-order valence-corrected chi connectivity index (χ3v) is 6.61. The molecule has 2 aliphatic rings. The summed E-state index contributed by atoms with van der Waals surface area (Å²) in [5, 5.41) is 6.20. The van der Waals surface area contributed by atoms with Crippen LogP contribution in [-0.2, 0) is 4.74 Å². The maximum Gasteiger partial charge on any atom is 0.416 e. The van der Waals surface area contributed by atoms with Crippen LogP contribution in [0.5, 0.6) is 0 Å². The molecule has 4 heterocycles. The van der Waals surface area contributed by atoms with Gasteiger partial charge in [0.1, 0.15) is 16.4 Å². The molecule has 1 spiro atoms. The number of amides is 1. The number of ether oxygens (including phenoxy) is 1. The number of rotatable bonds is 5. The molecule has 5 rings (SSSR count). The van der Waals surface area contributed by atoms with E-state index in [4.69, 9.17) is 4.74 Å². The van der Waals surface area contributed by atoms with E-state index in [-0.39, 0.29) is 6.09 Å². The molecule has 2 fully saturated rings. The van der Waals surface area contributed by atoms with Gasteiger partial charge in [-0.1, -0.05) is 6.07 Å². The number of carbonyl (C=O) groups excluding carboxylic acids is 1. The molecular formula is C21H22N6O2S. The molecule has 154 valence electrons. The average Bonchev–Trinajstić information content (AvgIpc) is 3.43. The van der Waals surface area contributed by atoms with Crippen LogP contribution in [-0.4, -0.2) is 44.7 Å². The van der Waals surface area contributed by atoms with E-state index in [9.17, 15) is 4.79 Å². The fourth-order valence-corrected chi connectivity index (χ4v) is 4.73. The van der Waals surface area contributed by atoms with E-state index in [0.717, 1.165) is 42.8 Å². The van der Waals surface area contributed by atoms with Crippen molar-refractivity contribution >= 4 is 29.2 Å². The second kappa shape index (κ2) is 7.98. The lowest BCUT2D eigenvalue weighted by molar-refractivity contribution is 0.0148. The minimum Gasteiger partial charge on any atom is -0.441 e. The van der Waals surface area contributed by atoms with Crippen LogP contribution < -0.4 is 10.2 Å². The normalized spacial score (nSPS) is 23.5. The summed E-state index contributed by atoms with van der Waals surface area (Å²) in [6.07, 6.45) is 10.5. The summed E-state index contributed by atoms with van der Waals surface area (Å²) in [5.74, 6) is 1.78. The predicted octanol–water partition coefficient (Wildman–Crippen LogP) is 3.99. The van der Waals surface area contributed by atoms with Crippen molar-refractivity contribution in [1.29, 1.82) is 0 Å². The summed E-state index contributed by atoms with van der Waals surface area (Å²) in [6, 6.07) is 5.57. The van der Waals surface area contributed by atoms with Crippen molar-refractivity contribution in [2.45, 2.75) is 31.3 Å². The number of pyridine rings is 1. The second-order valence-electron chi connectivity index (χ2n) is 7.78. The number of thiazole rings is 1. The predicted molar refractivity (Wildman–Crippen MR) is 114 cm³/mol. The van der Waals surface area contributed by atoms with E-state index in [1.165, 1.54) is 0 Å². The summed E-state index contributed by atoms with van der Waals surface area (Å²) in [7, 11) is 0. The molecule has 30 heavy (non-hydrogen) atoms. The molecule has 1 amide bonds. The Labute approximate surface area is 178 Å². The van der Waals surface area contributed by atoms with Gasteiger partial charge in [-0.25, -0.2) is 24.7 Å². The molecule has 8 nitrogen and oxygen atoms in total. The molecule has 1 aliphatic carbocycles. The van der Waals surface area contributed by atoms with E-state index < -0.39 is 5.60 Å². The first kappa shape index (κ1) is 18.9. The van der Waals surface area contributed by atoms with Crippen LogP contribution in [0.4, 0.5) is 16.6 Å². The highest BCUT2D eigenvalue weighted by atomic mass is 32.1. The lowest BCUT2D eigenvalue weighted by atomic mass is 9.78. The Morgan fingerprint density at radius 1 is 1.13 bits per heavy atom. The fraction of sp³-hybridized carbons (Fsp3) is 0.381. The third kappa shape index (κ3) is 3.85. The van der Waals surface area contributed by atoms with Crippen LogP contribution in [0.25, 0.3) is 10.6 Å². The highest BCUT2D eigenvalue weighted by Crippen LogP contribution is 2.40. The Balaban J connectivity index is 1.14. The number of hydrogen-bond donors (Lipinski definition) is 1. The maximum absolute atomic E-state index is 12.4. The van der Waals surface area contributed by atoms with E-state index in [0.29, 0.717) is 24.2 Å². The molecule has 0 unspecified atom stereocenters. The highest BCUT2D eigenvalue weighted by Gasteiger charge is 2.47. The van der Waals surface area contributed by atoms with Crippen molar-refractivity contribution < 1.29 is 9.53 Å². The molecule has 0 atom stereocenters. The largest absolute Gasteiger partial charge is 0.441 e. The van der Waals surface area contributed by atoms with Crippen LogP contribution in [0, 0.1) is 5.92 Å². The minimum absolute atomic E-state index is 0.293. The Bertz CT molecular complexity index is 988. The van der Waals surface area contributed by atoms with Gasteiger partial charge in [0, 0.05) is 42.3 Å². The van der Waals surface area contributed by atoms with Gasteiger partial charge >= 0.3 is 6.09 Å². The zero-order valence-corrected chi connectivity index (χ0v) is 17.2. The van der Waals surface area contributed by atoms with Crippen molar-refractivity contribution in [3.05, 3.63) is 48.4 Å². The van der Waals surface area contributed by atoms with Gasteiger partial charge in [0.15, 0.2) is 0 Å². The van der Waals surface area contributed by atoms with Gasteiger partial charge in [0.2, 0.25) is 5.95 Å². The molecule has 1 aliphatic heterocycles. The van der Waals surface area contributed by atoms with E-state index in [2.05, 4.69) is 25.3 Å². The van der Waals surface area contributed by atoms with Gasteiger partial charge in [0.05, 0.1) is 6.54 Å². The van der Waals surface area contributed by atoms with Gasteiger partial charge in [0.25, 0.3) is 0 Å². The lowest BCUT2D eigenvalue weighted by Crippen LogP contribution is -2.39.